The van der Waals surface area contributed by atoms with E-state index in [1.54, 1.807) is 0 Å². The monoisotopic (exact) mass is 267 g/mol. The van der Waals surface area contributed by atoms with Gasteiger partial charge in [0.15, 0.2) is 6.23 Å². The van der Waals surface area contributed by atoms with E-state index in [9.17, 15) is 0 Å². The zero-order chi connectivity index (χ0) is 13.9. The van der Waals surface area contributed by atoms with Gasteiger partial charge in [-0.1, -0.05) is 47.7 Å². The number of rotatable bonds is 4. The third kappa shape index (κ3) is 2.42. The summed E-state index contributed by atoms with van der Waals surface area (Å²) in [4.78, 5) is 0. The summed E-state index contributed by atoms with van der Waals surface area (Å²) in [6, 6.07) is 18.0. The number of fused-ring (bicyclic) bond motifs is 1. The Hall–Kier alpha value is -2.20. The van der Waals surface area contributed by atoms with Crippen molar-refractivity contribution in [2.45, 2.75) is 26.2 Å². The van der Waals surface area contributed by atoms with E-state index in [4.69, 9.17) is 4.74 Å². The van der Waals surface area contributed by atoms with Gasteiger partial charge in [-0.2, -0.15) is 0 Å². The Morgan fingerprint density at radius 1 is 0.950 bits per heavy atom. The molecule has 3 rings (SSSR count). The average molecular weight is 267 g/mol. The number of benzene rings is 2. The molecule has 1 aromatic heterocycles. The first-order valence-electron chi connectivity index (χ1n) is 6.76. The predicted octanol–water partition coefficient (Wildman–Crippen LogP) is 3.40. The molecule has 1 heterocycles. The lowest BCUT2D eigenvalue weighted by Gasteiger charge is -2.21. The molecule has 0 amide bonds. The van der Waals surface area contributed by atoms with Gasteiger partial charge in [0.2, 0.25) is 0 Å². The minimum atomic E-state index is -0.261. The van der Waals surface area contributed by atoms with Crippen LogP contribution in [0.4, 0.5) is 0 Å². The minimum absolute atomic E-state index is 0.100. The van der Waals surface area contributed by atoms with Crippen LogP contribution in [0, 0.1) is 0 Å². The first-order chi connectivity index (χ1) is 9.75. The number of aromatic nitrogens is 3. The van der Waals surface area contributed by atoms with Gasteiger partial charge in [0, 0.05) is 5.56 Å². The van der Waals surface area contributed by atoms with Crippen LogP contribution in [0.2, 0.25) is 0 Å². The lowest BCUT2D eigenvalue weighted by Crippen LogP contribution is -2.19. The van der Waals surface area contributed by atoms with Crippen LogP contribution in [0.3, 0.4) is 0 Å². The Bertz CT molecular complexity index is 691. The molecular weight excluding hydrogens is 250 g/mol. The van der Waals surface area contributed by atoms with E-state index in [1.807, 2.05) is 73.1 Å². The molecule has 0 radical (unpaired) electrons. The lowest BCUT2D eigenvalue weighted by molar-refractivity contribution is -0.0163. The maximum atomic E-state index is 6.05. The van der Waals surface area contributed by atoms with E-state index in [0.29, 0.717) is 0 Å². The Morgan fingerprint density at radius 2 is 1.65 bits per heavy atom. The van der Waals surface area contributed by atoms with Crippen LogP contribution in [0.15, 0.2) is 54.6 Å². The number of hydrogen-bond acceptors (Lipinski definition) is 3. The summed E-state index contributed by atoms with van der Waals surface area (Å²) in [5, 5.41) is 8.47. The molecule has 0 saturated heterocycles. The molecule has 0 aliphatic rings. The van der Waals surface area contributed by atoms with Crippen molar-refractivity contribution in [2.75, 3.05) is 0 Å². The molecule has 0 N–H and O–H groups in total. The van der Waals surface area contributed by atoms with Crippen molar-refractivity contribution in [3.63, 3.8) is 0 Å². The van der Waals surface area contributed by atoms with Crippen molar-refractivity contribution in [3.05, 3.63) is 60.2 Å². The summed E-state index contributed by atoms with van der Waals surface area (Å²) in [6.45, 7) is 4.05. The minimum Gasteiger partial charge on any atom is -0.349 e. The fourth-order valence-corrected chi connectivity index (χ4v) is 2.21. The van der Waals surface area contributed by atoms with Gasteiger partial charge in [0.1, 0.15) is 5.52 Å². The highest BCUT2D eigenvalue weighted by atomic mass is 16.5. The fraction of sp³-hybridized carbons (Fsp3) is 0.250. The second-order valence-electron chi connectivity index (χ2n) is 4.97. The molecule has 20 heavy (non-hydrogen) atoms. The maximum Gasteiger partial charge on any atom is 0.178 e. The second-order valence-corrected chi connectivity index (χ2v) is 4.97. The third-order valence-corrected chi connectivity index (χ3v) is 3.09. The summed E-state index contributed by atoms with van der Waals surface area (Å²) in [5.74, 6) is 0. The highest BCUT2D eigenvalue weighted by molar-refractivity contribution is 5.74. The highest BCUT2D eigenvalue weighted by Crippen LogP contribution is 2.24. The van der Waals surface area contributed by atoms with Crippen LogP contribution in [0.1, 0.15) is 25.6 Å². The molecule has 2 aromatic carbocycles. The van der Waals surface area contributed by atoms with E-state index in [2.05, 4.69) is 10.3 Å². The fourth-order valence-electron chi connectivity index (χ4n) is 2.21. The van der Waals surface area contributed by atoms with Crippen molar-refractivity contribution in [2.24, 2.45) is 0 Å². The molecular formula is C16H17N3O. The Balaban J connectivity index is 2.09. The van der Waals surface area contributed by atoms with Gasteiger partial charge in [-0.3, -0.25) is 0 Å². The van der Waals surface area contributed by atoms with Gasteiger partial charge in [-0.15, -0.1) is 5.10 Å². The van der Waals surface area contributed by atoms with Crippen LogP contribution in [-0.4, -0.2) is 21.1 Å². The van der Waals surface area contributed by atoms with Crippen LogP contribution >= 0.6 is 0 Å². The number of hydrogen-bond donors (Lipinski definition) is 0. The van der Waals surface area contributed by atoms with Gasteiger partial charge in [-0.25, -0.2) is 4.68 Å². The summed E-state index contributed by atoms with van der Waals surface area (Å²) in [5.41, 5.74) is 2.92. The standard InChI is InChI=1S/C16H17N3O/c1-12(2)20-16(13-8-4-3-5-9-13)19-15-11-7-6-10-14(15)17-18-19/h3-12,16H,1-2H3/t16-/m1/s1. The largest absolute Gasteiger partial charge is 0.349 e. The lowest BCUT2D eigenvalue weighted by atomic mass is 10.2. The van der Waals surface area contributed by atoms with Crippen LogP contribution in [-0.2, 0) is 4.74 Å². The van der Waals surface area contributed by atoms with Crippen LogP contribution < -0.4 is 0 Å². The molecule has 102 valence electrons. The van der Waals surface area contributed by atoms with Crippen molar-refractivity contribution < 1.29 is 4.74 Å². The summed E-state index contributed by atoms with van der Waals surface area (Å²) in [7, 11) is 0. The van der Waals surface area contributed by atoms with Crippen molar-refractivity contribution in [1.82, 2.24) is 15.0 Å². The molecule has 0 fully saturated rings. The zero-order valence-corrected chi connectivity index (χ0v) is 11.6. The Labute approximate surface area is 118 Å². The highest BCUT2D eigenvalue weighted by Gasteiger charge is 2.19. The molecule has 0 aliphatic carbocycles. The topological polar surface area (TPSA) is 39.9 Å². The Morgan fingerprint density at radius 3 is 2.40 bits per heavy atom. The van der Waals surface area contributed by atoms with E-state index in [1.165, 1.54) is 0 Å². The first kappa shape index (κ1) is 12.8. The summed E-state index contributed by atoms with van der Waals surface area (Å²) >= 11 is 0. The normalized spacial score (nSPS) is 12.9. The molecule has 4 heteroatoms. The molecule has 0 unspecified atom stereocenters. The van der Waals surface area contributed by atoms with Crippen LogP contribution in [0.25, 0.3) is 11.0 Å². The van der Waals surface area contributed by atoms with Crippen molar-refractivity contribution in [3.8, 4) is 0 Å². The first-order valence-corrected chi connectivity index (χ1v) is 6.76. The van der Waals surface area contributed by atoms with E-state index < -0.39 is 0 Å². The zero-order valence-electron chi connectivity index (χ0n) is 11.6. The summed E-state index contributed by atoms with van der Waals surface area (Å²) in [6.07, 6.45) is -0.160. The molecule has 0 bridgehead atoms. The quantitative estimate of drug-likeness (QED) is 0.727. The molecule has 1 atom stereocenters. The third-order valence-electron chi connectivity index (χ3n) is 3.09. The van der Waals surface area contributed by atoms with Gasteiger partial charge >= 0.3 is 0 Å². The van der Waals surface area contributed by atoms with E-state index in [0.717, 1.165) is 16.6 Å². The molecule has 0 aliphatic heterocycles. The SMILES string of the molecule is CC(C)O[C@H](c1ccccc1)n1nnc2ccccc21. The second kappa shape index (κ2) is 5.43. The van der Waals surface area contributed by atoms with Gasteiger partial charge < -0.3 is 4.74 Å². The maximum absolute atomic E-state index is 6.05. The van der Waals surface area contributed by atoms with Crippen molar-refractivity contribution in [1.29, 1.82) is 0 Å². The van der Waals surface area contributed by atoms with Crippen molar-refractivity contribution >= 4 is 11.0 Å². The van der Waals surface area contributed by atoms with Crippen LogP contribution in [0.5, 0.6) is 0 Å². The number of nitrogens with zero attached hydrogens (tertiary/aromatic N) is 3. The van der Waals surface area contributed by atoms with Gasteiger partial charge in [0.05, 0.1) is 11.6 Å². The van der Waals surface area contributed by atoms with E-state index in [-0.39, 0.29) is 12.3 Å². The number of para-hydroxylation sites is 1. The molecule has 0 spiro atoms. The predicted molar refractivity (Wildman–Crippen MR) is 78.3 cm³/mol. The average Bonchev–Trinajstić information content (AvgIpc) is 2.89. The number of ether oxygens (including phenoxy) is 1. The molecule has 0 saturated carbocycles. The van der Waals surface area contributed by atoms with Gasteiger partial charge in [-0.05, 0) is 26.0 Å². The van der Waals surface area contributed by atoms with Gasteiger partial charge in [0.25, 0.3) is 0 Å². The molecule has 4 nitrogen and oxygen atoms in total. The summed E-state index contributed by atoms with van der Waals surface area (Å²) < 4.78 is 7.89. The Kier molecular flexibility index (Phi) is 3.48. The van der Waals surface area contributed by atoms with E-state index >= 15 is 0 Å². The molecule has 3 aromatic rings. The smallest absolute Gasteiger partial charge is 0.178 e.